The third-order valence-corrected chi connectivity index (χ3v) is 3.74. The van der Waals surface area contributed by atoms with E-state index in [0.29, 0.717) is 0 Å². The van der Waals surface area contributed by atoms with E-state index in [9.17, 15) is 0 Å². The first-order valence-electron chi connectivity index (χ1n) is 7.04. The topological polar surface area (TPSA) is 41.6 Å². The van der Waals surface area contributed by atoms with Crippen molar-refractivity contribution in [2.24, 2.45) is 0 Å². The summed E-state index contributed by atoms with van der Waals surface area (Å²) in [7, 11) is 0. The Morgan fingerprint density at radius 2 is 1.71 bits per heavy atom. The molecule has 2 aromatic carbocycles. The second-order valence-corrected chi connectivity index (χ2v) is 5.43. The predicted octanol–water partition coefficient (Wildman–Crippen LogP) is 4.39. The molecule has 0 spiro atoms. The Morgan fingerprint density at radius 1 is 0.857 bits per heavy atom. The van der Waals surface area contributed by atoms with E-state index in [2.05, 4.69) is 47.2 Å². The van der Waals surface area contributed by atoms with Crippen LogP contribution in [0.4, 0.5) is 0 Å². The molecule has 0 saturated heterocycles. The largest absolute Gasteiger partial charge is 0.338 e. The Labute approximate surface area is 122 Å². The lowest BCUT2D eigenvalue weighted by Gasteiger charge is -2.05. The van der Waals surface area contributed by atoms with Crippen molar-refractivity contribution >= 4 is 21.9 Å². The normalized spacial score (nSPS) is 11.3. The van der Waals surface area contributed by atoms with Crippen molar-refractivity contribution in [3.8, 4) is 11.4 Å². The van der Waals surface area contributed by atoms with Gasteiger partial charge in [0.25, 0.3) is 0 Å². The summed E-state index contributed by atoms with van der Waals surface area (Å²) >= 11 is 0. The van der Waals surface area contributed by atoms with Gasteiger partial charge in [0.1, 0.15) is 5.82 Å². The van der Waals surface area contributed by atoms with Crippen molar-refractivity contribution < 1.29 is 0 Å². The number of aromatic amines is 1. The highest BCUT2D eigenvalue weighted by Gasteiger charge is 2.10. The molecule has 0 radical (unpaired) electrons. The zero-order chi connectivity index (χ0) is 14.4. The molecule has 3 heteroatoms. The van der Waals surface area contributed by atoms with Gasteiger partial charge < -0.3 is 4.98 Å². The van der Waals surface area contributed by atoms with Crippen LogP contribution in [-0.4, -0.2) is 15.0 Å². The van der Waals surface area contributed by atoms with Crippen molar-refractivity contribution in [2.45, 2.75) is 13.8 Å². The number of aryl methyl sites for hydroxylation is 2. The highest BCUT2D eigenvalue weighted by molar-refractivity contribution is 5.94. The fourth-order valence-corrected chi connectivity index (χ4v) is 2.75. The van der Waals surface area contributed by atoms with E-state index in [1.807, 2.05) is 25.1 Å². The lowest BCUT2D eigenvalue weighted by atomic mass is 10.1. The number of nitrogens with one attached hydrogen (secondary N) is 1. The molecule has 4 aromatic rings. The maximum absolute atomic E-state index is 4.73. The minimum absolute atomic E-state index is 0.900. The van der Waals surface area contributed by atoms with Crippen molar-refractivity contribution in [1.29, 1.82) is 0 Å². The molecular weight excluding hydrogens is 258 g/mol. The zero-order valence-electron chi connectivity index (χ0n) is 12.0. The molecule has 2 aromatic heterocycles. The standard InChI is InChI=1S/C18H15N3/c1-11-7-8-16-17(9-11)21-18(20-16)14-10-12(2)19-15-6-4-3-5-13(14)15/h3-10H,1-2H3,(H,20,21). The van der Waals surface area contributed by atoms with E-state index < -0.39 is 0 Å². The second-order valence-electron chi connectivity index (χ2n) is 5.43. The molecule has 21 heavy (non-hydrogen) atoms. The molecule has 1 N–H and O–H groups in total. The molecule has 0 fully saturated rings. The molecule has 0 aliphatic rings. The molecular formula is C18H15N3. The quantitative estimate of drug-likeness (QED) is 0.558. The number of para-hydroxylation sites is 1. The number of benzene rings is 2. The smallest absolute Gasteiger partial charge is 0.139 e. The highest BCUT2D eigenvalue weighted by atomic mass is 14.9. The van der Waals surface area contributed by atoms with Gasteiger partial charge >= 0.3 is 0 Å². The molecule has 0 aliphatic heterocycles. The summed E-state index contributed by atoms with van der Waals surface area (Å²) < 4.78 is 0. The Bertz CT molecular complexity index is 967. The number of aromatic nitrogens is 3. The van der Waals surface area contributed by atoms with Crippen molar-refractivity contribution in [1.82, 2.24) is 15.0 Å². The molecule has 0 aliphatic carbocycles. The molecule has 0 saturated carbocycles. The van der Waals surface area contributed by atoms with Crippen molar-refractivity contribution in [3.63, 3.8) is 0 Å². The summed E-state index contributed by atoms with van der Waals surface area (Å²) in [6.07, 6.45) is 0. The maximum atomic E-state index is 4.73. The minimum Gasteiger partial charge on any atom is -0.338 e. The van der Waals surface area contributed by atoms with Gasteiger partial charge in [-0.15, -0.1) is 0 Å². The summed E-state index contributed by atoms with van der Waals surface area (Å²) in [5, 5.41) is 1.12. The fourth-order valence-electron chi connectivity index (χ4n) is 2.75. The van der Waals surface area contributed by atoms with Gasteiger partial charge in [0.05, 0.1) is 16.6 Å². The minimum atomic E-state index is 0.900. The van der Waals surface area contributed by atoms with Gasteiger partial charge in [0, 0.05) is 16.6 Å². The highest BCUT2D eigenvalue weighted by Crippen LogP contribution is 2.28. The maximum Gasteiger partial charge on any atom is 0.139 e. The van der Waals surface area contributed by atoms with Gasteiger partial charge in [-0.3, -0.25) is 4.98 Å². The number of H-pyrrole nitrogens is 1. The summed E-state index contributed by atoms with van der Waals surface area (Å²) in [6.45, 7) is 4.11. The Morgan fingerprint density at radius 3 is 2.62 bits per heavy atom. The van der Waals surface area contributed by atoms with Crippen molar-refractivity contribution in [2.75, 3.05) is 0 Å². The predicted molar refractivity (Wildman–Crippen MR) is 86.3 cm³/mol. The molecule has 0 atom stereocenters. The van der Waals surface area contributed by atoms with E-state index in [-0.39, 0.29) is 0 Å². The van der Waals surface area contributed by atoms with Crippen LogP contribution < -0.4 is 0 Å². The van der Waals surface area contributed by atoms with Gasteiger partial charge in [-0.1, -0.05) is 24.3 Å². The molecule has 3 nitrogen and oxygen atoms in total. The van der Waals surface area contributed by atoms with Crippen LogP contribution in [-0.2, 0) is 0 Å². The number of hydrogen-bond donors (Lipinski definition) is 1. The lowest BCUT2D eigenvalue weighted by molar-refractivity contribution is 1.24. The van der Waals surface area contributed by atoms with E-state index >= 15 is 0 Å². The van der Waals surface area contributed by atoms with Gasteiger partial charge in [0.15, 0.2) is 0 Å². The number of pyridine rings is 1. The molecule has 0 amide bonds. The third kappa shape index (κ3) is 1.98. The van der Waals surface area contributed by atoms with Crippen LogP contribution in [0.5, 0.6) is 0 Å². The average molecular weight is 273 g/mol. The van der Waals surface area contributed by atoms with Gasteiger partial charge in [-0.05, 0) is 43.7 Å². The molecule has 4 rings (SSSR count). The second kappa shape index (κ2) is 4.42. The Balaban J connectivity index is 2.03. The van der Waals surface area contributed by atoms with E-state index in [4.69, 9.17) is 4.98 Å². The monoisotopic (exact) mass is 273 g/mol. The lowest BCUT2D eigenvalue weighted by Crippen LogP contribution is -1.89. The summed E-state index contributed by atoms with van der Waals surface area (Å²) in [4.78, 5) is 12.8. The summed E-state index contributed by atoms with van der Waals surface area (Å²) in [5.41, 5.74) is 6.41. The SMILES string of the molecule is Cc1ccc2nc(-c3cc(C)nc4ccccc34)[nH]c2c1. The van der Waals surface area contributed by atoms with Crippen molar-refractivity contribution in [3.05, 3.63) is 59.8 Å². The Hall–Kier alpha value is -2.68. The van der Waals surface area contributed by atoms with Crippen LogP contribution in [0.15, 0.2) is 48.5 Å². The molecule has 102 valence electrons. The first-order chi connectivity index (χ1) is 10.2. The molecule has 0 bridgehead atoms. The number of hydrogen-bond acceptors (Lipinski definition) is 2. The Kier molecular flexibility index (Phi) is 2.54. The summed E-state index contributed by atoms with van der Waals surface area (Å²) in [6, 6.07) is 16.5. The van der Waals surface area contributed by atoms with Gasteiger partial charge in [-0.2, -0.15) is 0 Å². The fraction of sp³-hybridized carbons (Fsp3) is 0.111. The van der Waals surface area contributed by atoms with Crippen LogP contribution in [0.1, 0.15) is 11.3 Å². The van der Waals surface area contributed by atoms with E-state index in [1.165, 1.54) is 5.56 Å². The first-order valence-corrected chi connectivity index (χ1v) is 7.04. The number of nitrogens with zero attached hydrogens (tertiary/aromatic N) is 2. The molecule has 0 unspecified atom stereocenters. The average Bonchev–Trinajstić information content (AvgIpc) is 2.89. The number of fused-ring (bicyclic) bond motifs is 2. The number of imidazole rings is 1. The van der Waals surface area contributed by atoms with Crippen LogP contribution in [0.25, 0.3) is 33.3 Å². The van der Waals surface area contributed by atoms with Gasteiger partial charge in [0.2, 0.25) is 0 Å². The van der Waals surface area contributed by atoms with Crippen LogP contribution in [0.3, 0.4) is 0 Å². The molecule has 2 heterocycles. The van der Waals surface area contributed by atoms with E-state index in [0.717, 1.165) is 39.0 Å². The van der Waals surface area contributed by atoms with Crippen LogP contribution in [0.2, 0.25) is 0 Å². The van der Waals surface area contributed by atoms with E-state index in [1.54, 1.807) is 0 Å². The zero-order valence-corrected chi connectivity index (χ0v) is 12.0. The summed E-state index contributed by atoms with van der Waals surface area (Å²) in [5.74, 6) is 0.900. The first kappa shape index (κ1) is 12.1. The van der Waals surface area contributed by atoms with Gasteiger partial charge in [-0.25, -0.2) is 4.98 Å². The third-order valence-electron chi connectivity index (χ3n) is 3.74. The number of rotatable bonds is 1. The van der Waals surface area contributed by atoms with Crippen LogP contribution in [0, 0.1) is 13.8 Å². The van der Waals surface area contributed by atoms with Crippen LogP contribution >= 0.6 is 0 Å².